The molecule has 0 bridgehead atoms. The number of hydrogen-bond acceptors (Lipinski definition) is 6. The van der Waals surface area contributed by atoms with Crippen molar-refractivity contribution in [3.8, 4) is 17.2 Å². The summed E-state index contributed by atoms with van der Waals surface area (Å²) in [6.45, 7) is 3.90. The molecule has 0 fully saturated rings. The first-order valence-electron chi connectivity index (χ1n) is 10.3. The van der Waals surface area contributed by atoms with Crippen LogP contribution in [0.25, 0.3) is 0 Å². The van der Waals surface area contributed by atoms with E-state index in [0.717, 1.165) is 5.56 Å². The summed E-state index contributed by atoms with van der Waals surface area (Å²) in [6, 6.07) is 11.6. The molecule has 0 aromatic heterocycles. The minimum absolute atomic E-state index is 0.00388. The first-order valence-corrected chi connectivity index (χ1v) is 10.3. The van der Waals surface area contributed by atoms with E-state index < -0.39 is 12.0 Å². The molecule has 0 saturated heterocycles. The Labute approximate surface area is 187 Å². The summed E-state index contributed by atoms with van der Waals surface area (Å²) in [5.74, 6) is 0.988. The van der Waals surface area contributed by atoms with Crippen LogP contribution in [0, 0.1) is 6.92 Å². The number of aryl methyl sites for hydroxylation is 1. The number of esters is 1. The van der Waals surface area contributed by atoms with Gasteiger partial charge < -0.3 is 24.3 Å². The maximum atomic E-state index is 13.1. The van der Waals surface area contributed by atoms with Gasteiger partial charge in [0.25, 0.3) is 0 Å². The van der Waals surface area contributed by atoms with E-state index in [0.29, 0.717) is 28.5 Å². The van der Waals surface area contributed by atoms with Gasteiger partial charge >= 0.3 is 12.0 Å². The van der Waals surface area contributed by atoms with Gasteiger partial charge in [-0.1, -0.05) is 29.8 Å². The number of urea groups is 1. The van der Waals surface area contributed by atoms with Gasteiger partial charge in [-0.25, -0.2) is 9.59 Å². The van der Waals surface area contributed by atoms with Gasteiger partial charge in [-0.2, -0.15) is 0 Å². The summed E-state index contributed by atoms with van der Waals surface area (Å²) in [5, 5.41) is 2.87. The number of ether oxygens (including phenoxy) is 4. The Kier molecular flexibility index (Phi) is 7.25. The monoisotopic (exact) mass is 440 g/mol. The number of amides is 2. The number of carbonyl (C=O) groups is 2. The number of nitrogens with one attached hydrogen (secondary N) is 1. The van der Waals surface area contributed by atoms with Gasteiger partial charge in [0.2, 0.25) is 0 Å². The maximum absolute atomic E-state index is 13.1. The molecule has 2 aromatic rings. The van der Waals surface area contributed by atoms with E-state index in [1.54, 1.807) is 32.2 Å². The first kappa shape index (κ1) is 23.0. The van der Waals surface area contributed by atoms with Gasteiger partial charge in [-0.15, -0.1) is 0 Å². The third kappa shape index (κ3) is 4.64. The molecule has 0 saturated carbocycles. The molecular weight excluding hydrogens is 412 g/mol. The number of benzene rings is 2. The fourth-order valence-electron chi connectivity index (χ4n) is 3.54. The van der Waals surface area contributed by atoms with Crippen molar-refractivity contribution in [1.82, 2.24) is 10.2 Å². The van der Waals surface area contributed by atoms with Crippen LogP contribution < -0.4 is 19.5 Å². The van der Waals surface area contributed by atoms with Crippen molar-refractivity contribution < 1.29 is 28.5 Å². The number of para-hydroxylation sites is 1. The van der Waals surface area contributed by atoms with Gasteiger partial charge in [0.1, 0.15) is 12.4 Å². The molecule has 32 heavy (non-hydrogen) atoms. The summed E-state index contributed by atoms with van der Waals surface area (Å²) in [7, 11) is 4.62. The number of carbonyl (C=O) groups excluding carboxylic acids is 2. The molecule has 1 N–H and O–H groups in total. The van der Waals surface area contributed by atoms with Gasteiger partial charge in [-0.05, 0) is 32.0 Å². The number of nitrogens with zero attached hydrogens (tertiary/aromatic N) is 1. The summed E-state index contributed by atoms with van der Waals surface area (Å²) in [6.07, 6.45) is 0. The molecule has 8 nitrogen and oxygen atoms in total. The molecule has 2 amide bonds. The normalized spacial score (nSPS) is 15.8. The molecule has 0 aliphatic carbocycles. The predicted molar refractivity (Wildman–Crippen MR) is 119 cm³/mol. The zero-order chi connectivity index (χ0) is 23.3. The average molecular weight is 440 g/mol. The minimum Gasteiger partial charge on any atom is -0.493 e. The number of hydrogen-bond donors (Lipinski definition) is 1. The van der Waals surface area contributed by atoms with Crippen LogP contribution in [-0.2, 0) is 9.53 Å². The fourth-order valence-corrected chi connectivity index (χ4v) is 3.54. The summed E-state index contributed by atoms with van der Waals surface area (Å²) in [4.78, 5) is 27.3. The molecule has 0 radical (unpaired) electrons. The molecule has 1 aliphatic heterocycles. The van der Waals surface area contributed by atoms with Crippen LogP contribution in [0.1, 0.15) is 24.1 Å². The van der Waals surface area contributed by atoms with Crippen molar-refractivity contribution in [2.75, 3.05) is 34.5 Å². The summed E-state index contributed by atoms with van der Waals surface area (Å²) >= 11 is 0. The Morgan fingerprint density at radius 3 is 2.44 bits per heavy atom. The maximum Gasteiger partial charge on any atom is 0.338 e. The van der Waals surface area contributed by atoms with Crippen LogP contribution in [0.4, 0.5) is 4.79 Å². The first-order chi connectivity index (χ1) is 15.4. The smallest absolute Gasteiger partial charge is 0.338 e. The highest BCUT2D eigenvalue weighted by molar-refractivity contribution is 5.95. The van der Waals surface area contributed by atoms with Crippen molar-refractivity contribution in [3.63, 3.8) is 0 Å². The molecule has 1 unspecified atom stereocenters. The SMILES string of the molecule is CCOC(=O)C1=C(COc2ccc(C)cc2)N(C)C(=O)NC1c1cccc(OC)c1OC. The Balaban J connectivity index is 2.10. The molecule has 1 heterocycles. The van der Waals surface area contributed by atoms with Crippen molar-refractivity contribution >= 4 is 12.0 Å². The van der Waals surface area contributed by atoms with Crippen molar-refractivity contribution in [1.29, 1.82) is 0 Å². The molecule has 170 valence electrons. The Bertz CT molecular complexity index is 1020. The third-order valence-corrected chi connectivity index (χ3v) is 5.21. The largest absolute Gasteiger partial charge is 0.493 e. The second-order valence-corrected chi connectivity index (χ2v) is 7.21. The zero-order valence-electron chi connectivity index (χ0n) is 18.9. The van der Waals surface area contributed by atoms with Crippen LogP contribution in [0.2, 0.25) is 0 Å². The lowest BCUT2D eigenvalue weighted by Crippen LogP contribution is -2.48. The molecule has 3 rings (SSSR count). The van der Waals surface area contributed by atoms with Crippen LogP contribution in [0.3, 0.4) is 0 Å². The topological polar surface area (TPSA) is 86.3 Å². The highest BCUT2D eigenvalue weighted by atomic mass is 16.5. The lowest BCUT2D eigenvalue weighted by molar-refractivity contribution is -0.139. The summed E-state index contributed by atoms with van der Waals surface area (Å²) in [5.41, 5.74) is 2.35. The van der Waals surface area contributed by atoms with Crippen molar-refractivity contribution in [2.45, 2.75) is 19.9 Å². The van der Waals surface area contributed by atoms with Crippen LogP contribution >= 0.6 is 0 Å². The molecular formula is C24H28N2O6. The molecule has 1 atom stereocenters. The highest BCUT2D eigenvalue weighted by Crippen LogP contribution is 2.40. The minimum atomic E-state index is -0.806. The number of likely N-dealkylation sites (N-methyl/N-ethyl adjacent to an activating group) is 1. The Morgan fingerprint density at radius 2 is 1.81 bits per heavy atom. The van der Waals surface area contributed by atoms with Crippen LogP contribution in [-0.4, -0.2) is 51.4 Å². The van der Waals surface area contributed by atoms with Crippen LogP contribution in [0.15, 0.2) is 53.7 Å². The zero-order valence-corrected chi connectivity index (χ0v) is 18.9. The van der Waals surface area contributed by atoms with E-state index in [1.165, 1.54) is 19.1 Å². The summed E-state index contributed by atoms with van der Waals surface area (Å²) < 4.78 is 22.2. The van der Waals surface area contributed by atoms with Crippen molar-refractivity contribution in [2.24, 2.45) is 0 Å². The van der Waals surface area contributed by atoms with Crippen molar-refractivity contribution in [3.05, 3.63) is 64.9 Å². The van der Waals surface area contributed by atoms with Gasteiger partial charge in [0.05, 0.1) is 38.1 Å². The molecule has 0 spiro atoms. The highest BCUT2D eigenvalue weighted by Gasteiger charge is 2.38. The second kappa shape index (κ2) is 10.1. The van der Waals surface area contributed by atoms with E-state index in [9.17, 15) is 9.59 Å². The van der Waals surface area contributed by atoms with Gasteiger partial charge in [0.15, 0.2) is 11.5 Å². The van der Waals surface area contributed by atoms with Gasteiger partial charge in [0, 0.05) is 12.6 Å². The van der Waals surface area contributed by atoms with E-state index >= 15 is 0 Å². The predicted octanol–water partition coefficient (Wildman–Crippen LogP) is 3.60. The Morgan fingerprint density at radius 1 is 1.09 bits per heavy atom. The van der Waals surface area contributed by atoms with Gasteiger partial charge in [-0.3, -0.25) is 4.90 Å². The molecule has 2 aromatic carbocycles. The fraction of sp³-hybridized carbons (Fsp3) is 0.333. The quantitative estimate of drug-likeness (QED) is 0.631. The van der Waals surface area contributed by atoms with Crippen LogP contribution in [0.5, 0.6) is 17.2 Å². The number of rotatable bonds is 8. The van der Waals surface area contributed by atoms with E-state index in [-0.39, 0.29) is 24.8 Å². The molecule has 1 aliphatic rings. The standard InChI is InChI=1S/C24H28N2O6/c1-6-31-23(27)20-18(14-32-16-12-10-15(2)11-13-16)26(3)24(28)25-21(20)17-8-7-9-19(29-4)22(17)30-5/h7-13,21H,6,14H2,1-5H3,(H,25,28). The van der Waals surface area contributed by atoms with E-state index in [1.807, 2.05) is 31.2 Å². The lowest BCUT2D eigenvalue weighted by Gasteiger charge is -2.35. The number of methoxy groups -OCH3 is 2. The Hall–Kier alpha value is -3.68. The average Bonchev–Trinajstić information content (AvgIpc) is 2.80. The van der Waals surface area contributed by atoms with E-state index in [4.69, 9.17) is 18.9 Å². The second-order valence-electron chi connectivity index (χ2n) is 7.21. The third-order valence-electron chi connectivity index (χ3n) is 5.21. The van der Waals surface area contributed by atoms with E-state index in [2.05, 4.69) is 5.32 Å². The molecule has 8 heteroatoms. The lowest BCUT2D eigenvalue weighted by atomic mass is 9.93.